The maximum absolute atomic E-state index is 14.5. The van der Waals surface area contributed by atoms with Crippen molar-refractivity contribution in [2.24, 2.45) is 0 Å². The summed E-state index contributed by atoms with van der Waals surface area (Å²) < 4.78 is 102. The molecule has 0 aliphatic carbocycles. The number of halogens is 5. The van der Waals surface area contributed by atoms with Gasteiger partial charge in [0.15, 0.2) is 5.78 Å². The van der Waals surface area contributed by atoms with Gasteiger partial charge in [0.1, 0.15) is 23.5 Å². The van der Waals surface area contributed by atoms with E-state index in [4.69, 9.17) is 4.74 Å². The van der Waals surface area contributed by atoms with E-state index in [1.807, 2.05) is 0 Å². The molecule has 0 bridgehead atoms. The van der Waals surface area contributed by atoms with Crippen LogP contribution in [0.15, 0.2) is 65.6 Å². The highest BCUT2D eigenvalue weighted by molar-refractivity contribution is 7.92. The Hall–Kier alpha value is -3.51. The Balaban J connectivity index is 1.73. The minimum Gasteiger partial charge on any atom is -0.486 e. The summed E-state index contributed by atoms with van der Waals surface area (Å²) in [6, 6.07) is 12.9. The van der Waals surface area contributed by atoms with Gasteiger partial charge in [-0.15, -0.1) is 0 Å². The Bertz CT molecular complexity index is 1520. The second kappa shape index (κ2) is 10.2. The molecule has 39 heavy (non-hydrogen) atoms. The van der Waals surface area contributed by atoms with Crippen molar-refractivity contribution in [3.8, 4) is 16.9 Å². The molecule has 1 heterocycles. The number of aryl methyl sites for hydroxylation is 1. The molecule has 6 nitrogen and oxygen atoms in total. The van der Waals surface area contributed by atoms with Crippen LogP contribution in [0.4, 0.5) is 27.6 Å². The molecule has 1 aliphatic rings. The van der Waals surface area contributed by atoms with Gasteiger partial charge < -0.3 is 9.84 Å². The van der Waals surface area contributed by atoms with Crippen LogP contribution < -0.4 is 9.04 Å². The number of carbonyl (C=O) groups is 1. The Labute approximate surface area is 221 Å². The lowest BCUT2D eigenvalue weighted by Gasteiger charge is -2.36. The molecule has 3 aromatic rings. The van der Waals surface area contributed by atoms with Crippen molar-refractivity contribution >= 4 is 21.5 Å². The lowest BCUT2D eigenvalue weighted by molar-refractivity contribution is -0.244. The molecular formula is C27H24F5NO5S. The first-order valence-electron chi connectivity index (χ1n) is 11.8. The molecule has 1 aliphatic heterocycles. The van der Waals surface area contributed by atoms with Crippen LogP contribution in [0.1, 0.15) is 25.3 Å². The molecule has 0 fully saturated rings. The van der Waals surface area contributed by atoms with Crippen molar-refractivity contribution in [2.45, 2.75) is 49.5 Å². The molecule has 0 spiro atoms. The summed E-state index contributed by atoms with van der Waals surface area (Å²) in [5.74, 6) is -2.93. The summed E-state index contributed by atoms with van der Waals surface area (Å²) in [4.78, 5) is 12.1. The number of ether oxygens (including phenoxy) is 1. The number of Topliss-reactive ketones (excluding diaryl/α,β-unsaturated/α-hetero) is 1. The smallest absolute Gasteiger partial charge is 0.424 e. The minimum atomic E-state index is -5.19. The van der Waals surface area contributed by atoms with Gasteiger partial charge in [0.05, 0.1) is 17.1 Å². The number of aliphatic hydroxyl groups is 1. The quantitative estimate of drug-likeness (QED) is 0.377. The number of hydrogen-bond donors (Lipinski definition) is 1. The third-order valence-electron chi connectivity index (χ3n) is 6.50. The highest BCUT2D eigenvalue weighted by Crippen LogP contribution is 2.41. The highest BCUT2D eigenvalue weighted by atomic mass is 32.2. The van der Waals surface area contributed by atoms with Crippen LogP contribution in [0.2, 0.25) is 0 Å². The zero-order chi connectivity index (χ0) is 28.8. The molecule has 12 heteroatoms. The van der Waals surface area contributed by atoms with E-state index in [1.54, 1.807) is 13.0 Å². The van der Waals surface area contributed by atoms with E-state index >= 15 is 0 Å². The number of sulfonamides is 1. The fraction of sp³-hybridized carbons (Fsp3) is 0.296. The number of alkyl halides is 3. The van der Waals surface area contributed by atoms with Gasteiger partial charge in [0.2, 0.25) is 5.60 Å². The number of fused-ring (bicyclic) bond motifs is 1. The molecule has 0 amide bonds. The van der Waals surface area contributed by atoms with E-state index in [1.165, 1.54) is 36.4 Å². The summed E-state index contributed by atoms with van der Waals surface area (Å²) in [5.41, 5.74) is -2.88. The van der Waals surface area contributed by atoms with Gasteiger partial charge in [-0.05, 0) is 73.9 Å². The fourth-order valence-electron chi connectivity index (χ4n) is 4.17. The largest absolute Gasteiger partial charge is 0.486 e. The topological polar surface area (TPSA) is 83.9 Å². The van der Waals surface area contributed by atoms with Gasteiger partial charge in [0, 0.05) is 12.0 Å². The van der Waals surface area contributed by atoms with E-state index in [-0.39, 0.29) is 40.4 Å². The number of hydrogen-bond acceptors (Lipinski definition) is 5. The van der Waals surface area contributed by atoms with Gasteiger partial charge in [-0.3, -0.25) is 9.10 Å². The molecule has 2 atom stereocenters. The van der Waals surface area contributed by atoms with Crippen molar-refractivity contribution < 1.29 is 45.0 Å². The Morgan fingerprint density at radius 1 is 1.08 bits per heavy atom. The zero-order valence-corrected chi connectivity index (χ0v) is 21.6. The van der Waals surface area contributed by atoms with E-state index in [0.717, 1.165) is 22.5 Å². The van der Waals surface area contributed by atoms with Crippen LogP contribution >= 0.6 is 0 Å². The first-order valence-corrected chi connectivity index (χ1v) is 13.2. The molecule has 0 saturated heterocycles. The molecule has 3 aromatic carbocycles. The summed E-state index contributed by atoms with van der Waals surface area (Å²) >= 11 is 0. The SMILES string of the molecule is Cc1cccc(S(=O)(=O)N2C[C@H](CCC(=O)[C@](C)(O)C(F)(F)F)Oc3ccc(-c4cc(F)ccc4F)cc32)c1. The zero-order valence-electron chi connectivity index (χ0n) is 20.8. The number of nitrogens with zero attached hydrogens (tertiary/aromatic N) is 1. The third kappa shape index (κ3) is 5.62. The van der Waals surface area contributed by atoms with Gasteiger partial charge in [-0.25, -0.2) is 17.2 Å². The van der Waals surface area contributed by atoms with Crippen molar-refractivity contribution in [2.75, 3.05) is 10.8 Å². The van der Waals surface area contributed by atoms with Gasteiger partial charge in [-0.2, -0.15) is 13.2 Å². The first-order chi connectivity index (χ1) is 18.1. The van der Waals surface area contributed by atoms with Crippen LogP contribution in [-0.2, 0) is 14.8 Å². The summed E-state index contributed by atoms with van der Waals surface area (Å²) in [6.45, 7) is 1.66. The van der Waals surface area contributed by atoms with Crippen LogP contribution in [0.5, 0.6) is 5.75 Å². The fourth-order valence-corrected chi connectivity index (χ4v) is 5.78. The van der Waals surface area contributed by atoms with Gasteiger partial charge in [0.25, 0.3) is 10.0 Å². The molecule has 208 valence electrons. The average molecular weight is 570 g/mol. The number of ketones is 1. The summed E-state index contributed by atoms with van der Waals surface area (Å²) in [7, 11) is -4.27. The molecule has 0 radical (unpaired) electrons. The van der Waals surface area contributed by atoms with Crippen LogP contribution in [-0.4, -0.2) is 43.7 Å². The Morgan fingerprint density at radius 2 is 1.79 bits per heavy atom. The maximum Gasteiger partial charge on any atom is 0.424 e. The number of carbonyl (C=O) groups excluding carboxylic acids is 1. The van der Waals surface area contributed by atoms with E-state index in [2.05, 4.69) is 0 Å². The predicted octanol–water partition coefficient (Wildman–Crippen LogP) is 5.56. The highest BCUT2D eigenvalue weighted by Gasteiger charge is 2.55. The minimum absolute atomic E-state index is 0.00234. The Morgan fingerprint density at radius 3 is 2.46 bits per heavy atom. The van der Waals surface area contributed by atoms with Crippen LogP contribution in [0.25, 0.3) is 11.1 Å². The molecule has 0 aromatic heterocycles. The maximum atomic E-state index is 14.5. The molecule has 0 saturated carbocycles. The second-order valence-electron chi connectivity index (χ2n) is 9.43. The summed E-state index contributed by atoms with van der Waals surface area (Å²) in [6.07, 6.45) is -7.31. The Kier molecular flexibility index (Phi) is 7.48. The van der Waals surface area contributed by atoms with Crippen LogP contribution in [0.3, 0.4) is 0 Å². The number of rotatable bonds is 7. The van der Waals surface area contributed by atoms with Crippen molar-refractivity contribution in [1.82, 2.24) is 0 Å². The molecule has 0 unspecified atom stereocenters. The van der Waals surface area contributed by atoms with E-state index < -0.39 is 51.7 Å². The number of benzene rings is 3. The monoisotopic (exact) mass is 569 g/mol. The van der Waals surface area contributed by atoms with Crippen molar-refractivity contribution in [1.29, 1.82) is 0 Å². The van der Waals surface area contributed by atoms with Gasteiger partial charge in [-0.1, -0.05) is 18.2 Å². The molecular weight excluding hydrogens is 545 g/mol. The second-order valence-corrected chi connectivity index (χ2v) is 11.3. The van der Waals surface area contributed by atoms with Crippen LogP contribution in [0, 0.1) is 18.6 Å². The van der Waals surface area contributed by atoms with Gasteiger partial charge >= 0.3 is 6.18 Å². The summed E-state index contributed by atoms with van der Waals surface area (Å²) in [5, 5.41) is 9.66. The lowest BCUT2D eigenvalue weighted by Crippen LogP contribution is -2.50. The van der Waals surface area contributed by atoms with E-state index in [9.17, 15) is 40.3 Å². The first kappa shape index (κ1) is 28.5. The predicted molar refractivity (Wildman–Crippen MR) is 133 cm³/mol. The van der Waals surface area contributed by atoms with E-state index in [0.29, 0.717) is 12.5 Å². The number of anilines is 1. The average Bonchev–Trinajstić information content (AvgIpc) is 2.87. The van der Waals surface area contributed by atoms with Crippen molar-refractivity contribution in [3.63, 3.8) is 0 Å². The molecule has 4 rings (SSSR count). The lowest BCUT2D eigenvalue weighted by atomic mass is 9.95. The van der Waals surface area contributed by atoms with Crippen molar-refractivity contribution in [3.05, 3.63) is 77.9 Å². The normalized spacial score (nSPS) is 17.2. The standard InChI is InChI=1S/C27H24F5NO5S/c1-16-4-3-5-20(12-16)39(36,37)33-15-19(8-11-25(34)26(2,35)27(30,31)32)38-24-10-6-17(13-23(24)33)21-14-18(28)7-9-22(21)29/h3-7,9-10,12-14,19,35H,8,11,15H2,1-2H3/t19-,26-/m0/s1. The molecule has 1 N–H and O–H groups in total. The third-order valence-corrected chi connectivity index (χ3v) is 8.27.